The quantitative estimate of drug-likeness (QED) is 0.823. The van der Waals surface area contributed by atoms with Gasteiger partial charge in [0, 0.05) is 22.4 Å². The summed E-state index contributed by atoms with van der Waals surface area (Å²) in [6.07, 6.45) is 0. The van der Waals surface area contributed by atoms with E-state index >= 15 is 0 Å². The average Bonchev–Trinajstić information content (AvgIpc) is 2.38. The summed E-state index contributed by atoms with van der Waals surface area (Å²) < 4.78 is 1.03. The lowest BCUT2D eigenvalue weighted by Crippen LogP contribution is -2.16. The van der Waals surface area contributed by atoms with Crippen molar-refractivity contribution in [2.75, 3.05) is 17.2 Å². The third-order valence-corrected chi connectivity index (χ3v) is 3.92. The van der Waals surface area contributed by atoms with Crippen LogP contribution in [0, 0.1) is 13.8 Å². The Kier molecular flexibility index (Phi) is 4.15. The normalized spacial score (nSPS) is 10.5. The van der Waals surface area contributed by atoms with Crippen LogP contribution in [0.4, 0.5) is 17.1 Å². The van der Waals surface area contributed by atoms with Gasteiger partial charge in [0.15, 0.2) is 0 Å². The molecule has 2 rings (SSSR count). The lowest BCUT2D eigenvalue weighted by Gasteiger charge is -2.25. The Hall–Kier alpha value is -1.48. The molecule has 0 amide bonds. The highest BCUT2D eigenvalue weighted by atomic mass is 79.9. The molecule has 0 unspecified atom stereocenters. The molecule has 0 fully saturated rings. The lowest BCUT2D eigenvalue weighted by atomic mass is 10.1. The average molecular weight is 319 g/mol. The van der Waals surface area contributed by atoms with Crippen molar-refractivity contribution >= 4 is 33.0 Å². The van der Waals surface area contributed by atoms with Gasteiger partial charge in [-0.05, 0) is 66.5 Å². The summed E-state index contributed by atoms with van der Waals surface area (Å²) in [6.45, 7) is 7.20. The van der Waals surface area contributed by atoms with Gasteiger partial charge in [0.25, 0.3) is 0 Å². The molecule has 0 heterocycles. The molecule has 0 saturated heterocycles. The Balaban J connectivity index is 2.47. The Bertz CT molecular complexity index is 576. The number of aryl methyl sites for hydroxylation is 2. The molecule has 2 nitrogen and oxygen atoms in total. The fourth-order valence-electron chi connectivity index (χ4n) is 2.11. The van der Waals surface area contributed by atoms with Crippen LogP contribution in [-0.2, 0) is 0 Å². The minimum atomic E-state index is 0.815. The van der Waals surface area contributed by atoms with Crippen molar-refractivity contribution in [1.82, 2.24) is 0 Å². The Morgan fingerprint density at radius 3 is 2.32 bits per heavy atom. The zero-order valence-corrected chi connectivity index (χ0v) is 13.2. The topological polar surface area (TPSA) is 29.3 Å². The van der Waals surface area contributed by atoms with Crippen molar-refractivity contribution in [3.05, 3.63) is 52.0 Å². The van der Waals surface area contributed by atoms with Crippen LogP contribution in [0.2, 0.25) is 0 Å². The van der Waals surface area contributed by atoms with Crippen LogP contribution >= 0.6 is 15.9 Å². The number of benzene rings is 2. The maximum absolute atomic E-state index is 5.94. The minimum Gasteiger partial charge on any atom is -0.398 e. The summed E-state index contributed by atoms with van der Waals surface area (Å²) >= 11 is 3.61. The van der Waals surface area contributed by atoms with Crippen LogP contribution in [0.15, 0.2) is 40.9 Å². The second-order valence-electron chi connectivity index (χ2n) is 4.74. The van der Waals surface area contributed by atoms with Gasteiger partial charge in [0.2, 0.25) is 0 Å². The predicted octanol–water partition coefficient (Wildman–Crippen LogP) is 4.81. The molecule has 0 radical (unpaired) electrons. The molecule has 0 aliphatic carbocycles. The number of nitrogens with two attached hydrogens (primary N) is 1. The second-order valence-corrected chi connectivity index (χ2v) is 5.59. The molecule has 2 aromatic rings. The Morgan fingerprint density at radius 1 is 1.11 bits per heavy atom. The van der Waals surface area contributed by atoms with Crippen LogP contribution in [0.3, 0.4) is 0 Å². The first-order chi connectivity index (χ1) is 9.02. The second kappa shape index (κ2) is 5.66. The molecule has 0 atom stereocenters. The van der Waals surface area contributed by atoms with Crippen LogP contribution in [0.1, 0.15) is 18.1 Å². The predicted molar refractivity (Wildman–Crippen MR) is 87.2 cm³/mol. The van der Waals surface area contributed by atoms with Gasteiger partial charge < -0.3 is 10.6 Å². The van der Waals surface area contributed by atoms with Crippen molar-refractivity contribution in [2.24, 2.45) is 0 Å². The third kappa shape index (κ3) is 2.92. The molecule has 2 aromatic carbocycles. The minimum absolute atomic E-state index is 0.815. The molecule has 0 saturated carbocycles. The van der Waals surface area contributed by atoms with E-state index in [1.54, 1.807) is 0 Å². The van der Waals surface area contributed by atoms with E-state index in [4.69, 9.17) is 5.73 Å². The fourth-order valence-corrected chi connectivity index (χ4v) is 2.68. The summed E-state index contributed by atoms with van der Waals surface area (Å²) in [5, 5.41) is 0. The molecule has 0 aliphatic heterocycles. The zero-order chi connectivity index (χ0) is 14.0. The number of halogens is 1. The molecule has 3 heteroatoms. The largest absolute Gasteiger partial charge is 0.398 e. The summed E-state index contributed by atoms with van der Waals surface area (Å²) in [7, 11) is 0. The van der Waals surface area contributed by atoms with Gasteiger partial charge in [-0.2, -0.15) is 0 Å². The number of nitrogen functional groups attached to an aromatic ring is 1. The highest BCUT2D eigenvalue weighted by molar-refractivity contribution is 9.10. The van der Waals surface area contributed by atoms with Crippen molar-refractivity contribution < 1.29 is 0 Å². The van der Waals surface area contributed by atoms with E-state index in [2.05, 4.69) is 65.0 Å². The van der Waals surface area contributed by atoms with Gasteiger partial charge in [-0.25, -0.2) is 0 Å². The molecule has 0 bridgehead atoms. The standard InChI is InChI=1S/C16H19BrN2/c1-4-19(13-7-5-11(2)6-8-13)16-9-12(3)15(18)10-14(16)17/h5-10H,4,18H2,1-3H3. The maximum Gasteiger partial charge on any atom is 0.0559 e. The summed E-state index contributed by atoms with van der Waals surface area (Å²) in [5.74, 6) is 0. The summed E-state index contributed by atoms with van der Waals surface area (Å²) in [6, 6.07) is 12.7. The van der Waals surface area contributed by atoms with Crippen LogP contribution < -0.4 is 10.6 Å². The highest BCUT2D eigenvalue weighted by Crippen LogP contribution is 2.35. The first kappa shape index (κ1) is 13.9. The maximum atomic E-state index is 5.94. The number of nitrogens with zero attached hydrogens (tertiary/aromatic N) is 1. The molecule has 19 heavy (non-hydrogen) atoms. The van der Waals surface area contributed by atoms with Gasteiger partial charge in [0.05, 0.1) is 5.69 Å². The fraction of sp³-hybridized carbons (Fsp3) is 0.250. The van der Waals surface area contributed by atoms with Gasteiger partial charge in [0.1, 0.15) is 0 Å². The summed E-state index contributed by atoms with van der Waals surface area (Å²) in [4.78, 5) is 2.27. The third-order valence-electron chi connectivity index (χ3n) is 3.29. The summed E-state index contributed by atoms with van der Waals surface area (Å²) in [5.41, 5.74) is 11.5. The van der Waals surface area contributed by atoms with E-state index in [9.17, 15) is 0 Å². The van der Waals surface area contributed by atoms with Gasteiger partial charge in [-0.1, -0.05) is 17.7 Å². The molecule has 0 aliphatic rings. The monoisotopic (exact) mass is 318 g/mol. The van der Waals surface area contributed by atoms with E-state index in [1.165, 1.54) is 11.3 Å². The van der Waals surface area contributed by atoms with Crippen LogP contribution in [0.5, 0.6) is 0 Å². The first-order valence-electron chi connectivity index (χ1n) is 6.42. The molecule has 2 N–H and O–H groups in total. The van der Waals surface area contributed by atoms with Crippen molar-refractivity contribution in [3.63, 3.8) is 0 Å². The van der Waals surface area contributed by atoms with Gasteiger partial charge >= 0.3 is 0 Å². The van der Waals surface area contributed by atoms with Crippen LogP contribution in [0.25, 0.3) is 0 Å². The molecular formula is C16H19BrN2. The van der Waals surface area contributed by atoms with Crippen molar-refractivity contribution in [3.8, 4) is 0 Å². The lowest BCUT2D eigenvalue weighted by molar-refractivity contribution is 1.02. The molecular weight excluding hydrogens is 300 g/mol. The van der Waals surface area contributed by atoms with E-state index < -0.39 is 0 Å². The van der Waals surface area contributed by atoms with Crippen molar-refractivity contribution in [2.45, 2.75) is 20.8 Å². The number of hydrogen-bond acceptors (Lipinski definition) is 2. The number of anilines is 3. The first-order valence-corrected chi connectivity index (χ1v) is 7.22. The van der Waals surface area contributed by atoms with Crippen LogP contribution in [-0.4, -0.2) is 6.54 Å². The molecule has 100 valence electrons. The Labute approximate surface area is 123 Å². The zero-order valence-electron chi connectivity index (χ0n) is 11.6. The van der Waals surface area contributed by atoms with Gasteiger partial charge in [-0.3, -0.25) is 0 Å². The smallest absolute Gasteiger partial charge is 0.0559 e. The Morgan fingerprint density at radius 2 is 1.74 bits per heavy atom. The van der Waals surface area contributed by atoms with E-state index in [0.717, 1.165) is 28.0 Å². The van der Waals surface area contributed by atoms with Crippen molar-refractivity contribution in [1.29, 1.82) is 0 Å². The number of hydrogen-bond donors (Lipinski definition) is 1. The number of rotatable bonds is 3. The van der Waals surface area contributed by atoms with E-state index in [0.29, 0.717) is 0 Å². The molecule has 0 aromatic heterocycles. The van der Waals surface area contributed by atoms with E-state index in [1.807, 2.05) is 13.0 Å². The SMILES string of the molecule is CCN(c1ccc(C)cc1)c1cc(C)c(N)cc1Br. The molecule has 0 spiro atoms. The van der Waals surface area contributed by atoms with E-state index in [-0.39, 0.29) is 0 Å². The highest BCUT2D eigenvalue weighted by Gasteiger charge is 2.12. The van der Waals surface area contributed by atoms with Gasteiger partial charge in [-0.15, -0.1) is 0 Å².